The van der Waals surface area contributed by atoms with Crippen molar-refractivity contribution in [1.29, 1.82) is 0 Å². The number of rotatable bonds is 0. The molecule has 1 aromatic heterocycles. The van der Waals surface area contributed by atoms with E-state index in [-0.39, 0.29) is 0 Å². The van der Waals surface area contributed by atoms with Crippen LogP contribution in [-0.2, 0) is 0 Å². The van der Waals surface area contributed by atoms with E-state index in [2.05, 4.69) is 32.6 Å². The number of hydrogen-bond donors (Lipinski definition) is 0. The molecule has 0 aliphatic rings. The first-order valence-electron chi connectivity index (χ1n) is 3.08. The SMILES string of the molecule is Cc1nc(I)nc(C)c1C. The molecule has 2 nitrogen and oxygen atoms in total. The molecule has 0 amide bonds. The van der Waals surface area contributed by atoms with Crippen LogP contribution in [0.25, 0.3) is 0 Å². The Hall–Kier alpha value is -0.190. The summed E-state index contributed by atoms with van der Waals surface area (Å²) in [6.07, 6.45) is 0. The molecule has 54 valence electrons. The van der Waals surface area contributed by atoms with Crippen LogP contribution in [0.2, 0.25) is 0 Å². The van der Waals surface area contributed by atoms with Crippen molar-refractivity contribution in [3.63, 3.8) is 0 Å². The minimum Gasteiger partial charge on any atom is -0.228 e. The zero-order valence-electron chi connectivity index (χ0n) is 6.27. The minimum absolute atomic E-state index is 0.832. The zero-order valence-corrected chi connectivity index (χ0v) is 8.43. The second-order valence-electron chi connectivity index (χ2n) is 2.29. The summed E-state index contributed by atoms with van der Waals surface area (Å²) in [5, 5.41) is 0. The fourth-order valence-electron chi connectivity index (χ4n) is 0.731. The van der Waals surface area contributed by atoms with E-state index in [4.69, 9.17) is 0 Å². The van der Waals surface area contributed by atoms with E-state index < -0.39 is 0 Å². The van der Waals surface area contributed by atoms with Gasteiger partial charge in [0.15, 0.2) is 3.83 Å². The Morgan fingerprint density at radius 2 is 1.40 bits per heavy atom. The molecular formula is C7H9IN2. The summed E-state index contributed by atoms with van der Waals surface area (Å²) in [4.78, 5) is 8.42. The molecular weight excluding hydrogens is 239 g/mol. The van der Waals surface area contributed by atoms with E-state index in [9.17, 15) is 0 Å². The van der Waals surface area contributed by atoms with Gasteiger partial charge in [0, 0.05) is 34.0 Å². The van der Waals surface area contributed by atoms with Crippen molar-refractivity contribution in [1.82, 2.24) is 9.97 Å². The maximum atomic E-state index is 4.21. The van der Waals surface area contributed by atoms with Gasteiger partial charge in [-0.2, -0.15) is 0 Å². The van der Waals surface area contributed by atoms with Gasteiger partial charge in [-0.05, 0) is 26.3 Å². The van der Waals surface area contributed by atoms with E-state index in [1.807, 2.05) is 20.8 Å². The zero-order chi connectivity index (χ0) is 7.72. The van der Waals surface area contributed by atoms with Crippen LogP contribution in [0.4, 0.5) is 0 Å². The third kappa shape index (κ3) is 1.45. The molecule has 0 bridgehead atoms. The molecule has 0 aromatic carbocycles. The molecule has 0 saturated carbocycles. The average molecular weight is 248 g/mol. The lowest BCUT2D eigenvalue weighted by molar-refractivity contribution is 0.975. The minimum atomic E-state index is 0.832. The first-order chi connectivity index (χ1) is 4.61. The number of aromatic nitrogens is 2. The van der Waals surface area contributed by atoms with Crippen LogP contribution < -0.4 is 0 Å². The van der Waals surface area contributed by atoms with Gasteiger partial charge in [-0.25, -0.2) is 9.97 Å². The molecule has 0 unspecified atom stereocenters. The molecule has 10 heavy (non-hydrogen) atoms. The second-order valence-corrected chi connectivity index (χ2v) is 3.25. The van der Waals surface area contributed by atoms with Crippen molar-refractivity contribution in [2.24, 2.45) is 0 Å². The standard InChI is InChI=1S/C7H9IN2/c1-4-5(2)9-7(8)10-6(4)3/h1-3H3. The number of aryl methyl sites for hydroxylation is 2. The molecule has 0 radical (unpaired) electrons. The Kier molecular flexibility index (Phi) is 2.23. The van der Waals surface area contributed by atoms with Gasteiger partial charge in [0.1, 0.15) is 0 Å². The maximum Gasteiger partial charge on any atom is 0.191 e. The molecule has 0 aliphatic heterocycles. The highest BCUT2D eigenvalue weighted by atomic mass is 127. The van der Waals surface area contributed by atoms with Gasteiger partial charge in [-0.1, -0.05) is 0 Å². The predicted octanol–water partition coefficient (Wildman–Crippen LogP) is 2.01. The molecule has 0 N–H and O–H groups in total. The normalized spacial score (nSPS) is 10.0. The molecule has 0 spiro atoms. The van der Waals surface area contributed by atoms with Crippen LogP contribution in [0.3, 0.4) is 0 Å². The Morgan fingerprint density at radius 1 is 1.00 bits per heavy atom. The van der Waals surface area contributed by atoms with Gasteiger partial charge in [-0.15, -0.1) is 0 Å². The topological polar surface area (TPSA) is 25.8 Å². The quantitative estimate of drug-likeness (QED) is 0.518. The third-order valence-electron chi connectivity index (χ3n) is 1.61. The summed E-state index contributed by atoms with van der Waals surface area (Å²) in [6, 6.07) is 0. The van der Waals surface area contributed by atoms with E-state index in [0.29, 0.717) is 0 Å². The molecule has 3 heteroatoms. The van der Waals surface area contributed by atoms with E-state index >= 15 is 0 Å². The van der Waals surface area contributed by atoms with Crippen molar-refractivity contribution in [3.05, 3.63) is 20.8 Å². The molecule has 1 heterocycles. The van der Waals surface area contributed by atoms with Gasteiger partial charge in [-0.3, -0.25) is 0 Å². The molecule has 1 aromatic rings. The van der Waals surface area contributed by atoms with Crippen LogP contribution in [0.15, 0.2) is 0 Å². The van der Waals surface area contributed by atoms with E-state index in [1.54, 1.807) is 0 Å². The molecule has 1 rings (SSSR count). The summed E-state index contributed by atoms with van der Waals surface area (Å²) in [5.74, 6) is 0. The van der Waals surface area contributed by atoms with E-state index in [1.165, 1.54) is 5.56 Å². The summed E-state index contributed by atoms with van der Waals surface area (Å²) in [7, 11) is 0. The van der Waals surface area contributed by atoms with Crippen LogP contribution in [-0.4, -0.2) is 9.97 Å². The van der Waals surface area contributed by atoms with Crippen molar-refractivity contribution >= 4 is 22.6 Å². The maximum absolute atomic E-state index is 4.21. The highest BCUT2D eigenvalue weighted by molar-refractivity contribution is 14.1. The van der Waals surface area contributed by atoms with Gasteiger partial charge in [0.05, 0.1) is 0 Å². The summed E-state index contributed by atoms with van der Waals surface area (Å²) in [5.41, 5.74) is 3.36. The van der Waals surface area contributed by atoms with E-state index in [0.717, 1.165) is 15.2 Å². The van der Waals surface area contributed by atoms with Gasteiger partial charge >= 0.3 is 0 Å². The lowest BCUT2D eigenvalue weighted by Crippen LogP contribution is -1.97. The lowest BCUT2D eigenvalue weighted by Gasteiger charge is -2.01. The summed E-state index contributed by atoms with van der Waals surface area (Å²) < 4.78 is 0.832. The second kappa shape index (κ2) is 2.82. The van der Waals surface area contributed by atoms with Gasteiger partial charge in [0.2, 0.25) is 0 Å². The van der Waals surface area contributed by atoms with Crippen molar-refractivity contribution in [2.45, 2.75) is 20.8 Å². The molecule has 0 aliphatic carbocycles. The highest BCUT2D eigenvalue weighted by Gasteiger charge is 2.00. The number of nitrogens with zero attached hydrogens (tertiary/aromatic N) is 2. The monoisotopic (exact) mass is 248 g/mol. The fraction of sp³-hybridized carbons (Fsp3) is 0.429. The highest BCUT2D eigenvalue weighted by Crippen LogP contribution is 2.08. The largest absolute Gasteiger partial charge is 0.228 e. The van der Waals surface area contributed by atoms with Gasteiger partial charge in [0.25, 0.3) is 0 Å². The number of hydrogen-bond acceptors (Lipinski definition) is 2. The first-order valence-corrected chi connectivity index (χ1v) is 4.16. The number of halogens is 1. The summed E-state index contributed by atoms with van der Waals surface area (Å²) >= 11 is 2.13. The third-order valence-corrected chi connectivity index (χ3v) is 2.09. The molecule has 0 fully saturated rings. The molecule has 0 saturated heterocycles. The van der Waals surface area contributed by atoms with Crippen molar-refractivity contribution in [2.75, 3.05) is 0 Å². The average Bonchev–Trinajstić information content (AvgIpc) is 1.82. The van der Waals surface area contributed by atoms with Crippen molar-refractivity contribution in [3.8, 4) is 0 Å². The lowest BCUT2D eigenvalue weighted by atomic mass is 10.2. The Balaban J connectivity index is 3.31. The van der Waals surface area contributed by atoms with Crippen LogP contribution in [0.1, 0.15) is 17.0 Å². The van der Waals surface area contributed by atoms with Gasteiger partial charge < -0.3 is 0 Å². The Morgan fingerprint density at radius 3 is 1.80 bits per heavy atom. The van der Waals surface area contributed by atoms with Crippen LogP contribution in [0.5, 0.6) is 0 Å². The fourth-order valence-corrected chi connectivity index (χ4v) is 1.45. The van der Waals surface area contributed by atoms with Crippen LogP contribution >= 0.6 is 22.6 Å². The van der Waals surface area contributed by atoms with Crippen molar-refractivity contribution < 1.29 is 0 Å². The Bertz CT molecular complexity index is 235. The Labute approximate surface area is 74.2 Å². The first kappa shape index (κ1) is 7.91. The molecule has 0 atom stereocenters. The van der Waals surface area contributed by atoms with Crippen LogP contribution in [0, 0.1) is 24.6 Å². The predicted molar refractivity (Wildman–Crippen MR) is 49.0 cm³/mol. The summed E-state index contributed by atoms with van der Waals surface area (Å²) in [6.45, 7) is 6.05. The smallest absolute Gasteiger partial charge is 0.191 e.